The molecule has 0 spiro atoms. The van der Waals surface area contributed by atoms with Gasteiger partial charge in [0.2, 0.25) is 0 Å². The van der Waals surface area contributed by atoms with Gasteiger partial charge < -0.3 is 5.32 Å². The Balaban J connectivity index is 1.84. The number of thiophene rings is 1. The maximum absolute atomic E-state index is 11.8. The first kappa shape index (κ1) is 14.6. The Morgan fingerprint density at radius 1 is 1.35 bits per heavy atom. The molecule has 1 unspecified atom stereocenters. The fourth-order valence-electron chi connectivity index (χ4n) is 1.48. The second-order valence-corrected chi connectivity index (χ2v) is 5.54. The molecule has 0 radical (unpaired) electrons. The van der Waals surface area contributed by atoms with Crippen LogP contribution in [0.25, 0.3) is 0 Å². The average molecular weight is 308 g/mol. The normalized spacial score (nSPS) is 12.3. The van der Waals surface area contributed by atoms with Crippen LogP contribution in [0.15, 0.2) is 46.9 Å². The zero-order chi connectivity index (χ0) is 14.4. The molecule has 4 nitrogen and oxygen atoms in total. The molecule has 1 aromatic carbocycles. The third kappa shape index (κ3) is 4.36. The van der Waals surface area contributed by atoms with E-state index in [1.165, 1.54) is 0 Å². The number of rotatable bonds is 5. The Labute approximate surface area is 126 Å². The van der Waals surface area contributed by atoms with E-state index in [1.54, 1.807) is 36.6 Å². The molecular formula is C14H14ClN3OS. The number of benzene rings is 1. The molecule has 1 aromatic heterocycles. The van der Waals surface area contributed by atoms with Crippen molar-refractivity contribution in [1.29, 1.82) is 0 Å². The lowest BCUT2D eigenvalue weighted by atomic mass is 10.2. The smallest absolute Gasteiger partial charge is 0.262 e. The van der Waals surface area contributed by atoms with E-state index < -0.39 is 6.04 Å². The molecule has 0 aliphatic heterocycles. The molecule has 0 aliphatic carbocycles. The number of anilines is 1. The summed E-state index contributed by atoms with van der Waals surface area (Å²) in [6, 6.07) is 10.6. The van der Waals surface area contributed by atoms with Gasteiger partial charge in [-0.25, -0.2) is 5.43 Å². The lowest BCUT2D eigenvalue weighted by Gasteiger charge is -2.13. The van der Waals surface area contributed by atoms with Crippen molar-refractivity contribution in [2.75, 3.05) is 5.32 Å². The van der Waals surface area contributed by atoms with E-state index in [4.69, 9.17) is 11.6 Å². The standard InChI is InChI=1S/C14H14ClN3OS/c1-10(17-12-6-4-11(15)5-7-12)14(19)18-16-9-13-3-2-8-20-13/h2-10,17H,1H3,(H,18,19)/b16-9+. The van der Waals surface area contributed by atoms with Crippen LogP contribution in [0, 0.1) is 0 Å². The summed E-state index contributed by atoms with van der Waals surface area (Å²) in [7, 11) is 0. The van der Waals surface area contributed by atoms with Crippen LogP contribution in [0.3, 0.4) is 0 Å². The Morgan fingerprint density at radius 2 is 2.10 bits per heavy atom. The van der Waals surface area contributed by atoms with Gasteiger partial charge in [0.25, 0.3) is 5.91 Å². The second-order valence-electron chi connectivity index (χ2n) is 4.12. The highest BCUT2D eigenvalue weighted by Gasteiger charge is 2.11. The molecule has 1 atom stereocenters. The van der Waals surface area contributed by atoms with Gasteiger partial charge >= 0.3 is 0 Å². The van der Waals surface area contributed by atoms with E-state index >= 15 is 0 Å². The molecule has 104 valence electrons. The minimum absolute atomic E-state index is 0.201. The number of hydrazone groups is 1. The Bertz CT molecular complexity index is 581. The Kier molecular flexibility index (Phi) is 5.15. The number of nitrogens with zero attached hydrogens (tertiary/aromatic N) is 1. The van der Waals surface area contributed by atoms with E-state index in [9.17, 15) is 4.79 Å². The van der Waals surface area contributed by atoms with Crippen molar-refractivity contribution in [3.63, 3.8) is 0 Å². The summed E-state index contributed by atoms with van der Waals surface area (Å²) in [5, 5.41) is 9.60. The van der Waals surface area contributed by atoms with E-state index in [1.807, 2.05) is 29.6 Å². The minimum atomic E-state index is -0.392. The summed E-state index contributed by atoms with van der Waals surface area (Å²) < 4.78 is 0. The van der Waals surface area contributed by atoms with Crippen molar-refractivity contribution in [1.82, 2.24) is 5.43 Å². The zero-order valence-corrected chi connectivity index (χ0v) is 12.4. The quantitative estimate of drug-likeness (QED) is 0.657. The fourth-order valence-corrected chi connectivity index (χ4v) is 2.19. The molecule has 0 saturated heterocycles. The molecule has 0 saturated carbocycles. The van der Waals surface area contributed by atoms with Crippen molar-refractivity contribution in [2.24, 2.45) is 5.10 Å². The summed E-state index contributed by atoms with van der Waals surface area (Å²) in [6.07, 6.45) is 1.62. The molecule has 0 fully saturated rings. The maximum atomic E-state index is 11.8. The number of hydrogen-bond acceptors (Lipinski definition) is 4. The third-order valence-electron chi connectivity index (χ3n) is 2.53. The van der Waals surface area contributed by atoms with Gasteiger partial charge in [-0.1, -0.05) is 17.7 Å². The van der Waals surface area contributed by atoms with Crippen LogP contribution in [0.5, 0.6) is 0 Å². The van der Waals surface area contributed by atoms with Gasteiger partial charge in [0, 0.05) is 15.6 Å². The molecule has 6 heteroatoms. The molecule has 2 aromatic rings. The molecule has 0 bridgehead atoms. The van der Waals surface area contributed by atoms with Gasteiger partial charge in [0.05, 0.1) is 6.21 Å². The maximum Gasteiger partial charge on any atom is 0.262 e. The van der Waals surface area contributed by atoms with Gasteiger partial charge in [-0.15, -0.1) is 11.3 Å². The van der Waals surface area contributed by atoms with Gasteiger partial charge in [-0.05, 0) is 42.6 Å². The lowest BCUT2D eigenvalue weighted by Crippen LogP contribution is -2.34. The number of halogens is 1. The number of carbonyl (C=O) groups is 1. The van der Waals surface area contributed by atoms with Crippen LogP contribution in [0.4, 0.5) is 5.69 Å². The highest BCUT2D eigenvalue weighted by atomic mass is 35.5. The van der Waals surface area contributed by atoms with Crippen LogP contribution in [-0.4, -0.2) is 18.2 Å². The predicted molar refractivity (Wildman–Crippen MR) is 84.6 cm³/mol. The van der Waals surface area contributed by atoms with E-state index in [0.717, 1.165) is 10.6 Å². The molecular weight excluding hydrogens is 294 g/mol. The van der Waals surface area contributed by atoms with Gasteiger partial charge in [-0.3, -0.25) is 4.79 Å². The van der Waals surface area contributed by atoms with Crippen molar-refractivity contribution >= 4 is 40.7 Å². The summed E-state index contributed by atoms with van der Waals surface area (Å²) in [4.78, 5) is 12.8. The Hall–Kier alpha value is -1.85. The monoisotopic (exact) mass is 307 g/mol. The van der Waals surface area contributed by atoms with Crippen LogP contribution in [0.1, 0.15) is 11.8 Å². The lowest BCUT2D eigenvalue weighted by molar-refractivity contribution is -0.121. The van der Waals surface area contributed by atoms with Crippen molar-refractivity contribution in [2.45, 2.75) is 13.0 Å². The van der Waals surface area contributed by atoms with E-state index in [2.05, 4.69) is 15.8 Å². The second kappa shape index (κ2) is 7.07. The van der Waals surface area contributed by atoms with Crippen molar-refractivity contribution in [3.05, 3.63) is 51.7 Å². The summed E-state index contributed by atoms with van der Waals surface area (Å²) in [6.45, 7) is 1.77. The van der Waals surface area contributed by atoms with Crippen molar-refractivity contribution in [3.8, 4) is 0 Å². The van der Waals surface area contributed by atoms with Gasteiger partial charge in [0.1, 0.15) is 6.04 Å². The molecule has 20 heavy (non-hydrogen) atoms. The highest BCUT2D eigenvalue weighted by Crippen LogP contribution is 2.14. The Morgan fingerprint density at radius 3 is 2.75 bits per heavy atom. The van der Waals surface area contributed by atoms with Crippen LogP contribution in [0.2, 0.25) is 5.02 Å². The first-order valence-corrected chi connectivity index (χ1v) is 7.29. The minimum Gasteiger partial charge on any atom is -0.374 e. The largest absolute Gasteiger partial charge is 0.374 e. The van der Waals surface area contributed by atoms with Gasteiger partial charge in [-0.2, -0.15) is 5.10 Å². The zero-order valence-electron chi connectivity index (χ0n) is 10.8. The van der Waals surface area contributed by atoms with E-state index in [0.29, 0.717) is 5.02 Å². The number of amides is 1. The summed E-state index contributed by atoms with van der Waals surface area (Å²) in [5.74, 6) is -0.201. The van der Waals surface area contributed by atoms with Gasteiger partial charge in [0.15, 0.2) is 0 Å². The first-order chi connectivity index (χ1) is 9.65. The fraction of sp³-hybridized carbons (Fsp3) is 0.143. The summed E-state index contributed by atoms with van der Waals surface area (Å²) in [5.41, 5.74) is 3.33. The topological polar surface area (TPSA) is 53.5 Å². The molecule has 1 heterocycles. The average Bonchev–Trinajstić information content (AvgIpc) is 2.94. The third-order valence-corrected chi connectivity index (χ3v) is 3.59. The number of carbonyl (C=O) groups excluding carboxylic acids is 1. The SMILES string of the molecule is CC(Nc1ccc(Cl)cc1)C(=O)N/N=C/c1cccs1. The number of hydrogen-bond donors (Lipinski definition) is 2. The van der Waals surface area contributed by atoms with Crippen LogP contribution in [-0.2, 0) is 4.79 Å². The van der Waals surface area contributed by atoms with Crippen molar-refractivity contribution < 1.29 is 4.79 Å². The first-order valence-electron chi connectivity index (χ1n) is 6.03. The number of nitrogens with one attached hydrogen (secondary N) is 2. The molecule has 1 amide bonds. The molecule has 2 N–H and O–H groups in total. The predicted octanol–water partition coefficient (Wildman–Crippen LogP) is 3.35. The molecule has 0 aliphatic rings. The van der Waals surface area contributed by atoms with Crippen LogP contribution >= 0.6 is 22.9 Å². The molecule has 2 rings (SSSR count). The highest BCUT2D eigenvalue weighted by molar-refractivity contribution is 7.11. The summed E-state index contributed by atoms with van der Waals surface area (Å²) >= 11 is 7.36. The van der Waals surface area contributed by atoms with E-state index in [-0.39, 0.29) is 5.91 Å². The van der Waals surface area contributed by atoms with Crippen LogP contribution < -0.4 is 10.7 Å².